The molecule has 9 amide bonds. The van der Waals surface area contributed by atoms with Crippen LogP contribution >= 0.6 is 25.8 Å². The molecule has 12 atom stereocenters. The van der Waals surface area contributed by atoms with Gasteiger partial charge in [-0.1, -0.05) is 38.2 Å². The number of hydrogen-bond donors (Lipinski definition) is 10. The summed E-state index contributed by atoms with van der Waals surface area (Å²) in [5, 5.41) is 12.9. The average Bonchev–Trinajstić information content (AvgIpc) is 1.57. The zero-order valence-electron chi connectivity index (χ0n) is 49.4. The smallest absolute Gasteiger partial charge is 0.412 e. The first-order valence-corrected chi connectivity index (χ1v) is 33.8. The largest absolute Gasteiger partial charge is 0.447 e. The number of aromatic nitrogens is 7. The van der Waals surface area contributed by atoms with Gasteiger partial charge in [0.15, 0.2) is 41.1 Å². The maximum absolute atomic E-state index is 16.3. The van der Waals surface area contributed by atoms with Gasteiger partial charge in [0.05, 0.1) is 44.5 Å². The van der Waals surface area contributed by atoms with E-state index in [9.17, 15) is 52.6 Å². The third-order valence-corrected chi connectivity index (χ3v) is 18.4. The highest BCUT2D eigenvalue weighted by Crippen LogP contribution is 2.61. The topological polar surface area (TPSA) is 470 Å². The quantitative estimate of drug-likeness (QED) is 0.0214. The van der Waals surface area contributed by atoms with Crippen LogP contribution in [0.3, 0.4) is 0 Å². The van der Waals surface area contributed by atoms with Crippen molar-refractivity contribution in [1.29, 1.82) is 0 Å². The van der Waals surface area contributed by atoms with Gasteiger partial charge in [0, 0.05) is 50.5 Å². The van der Waals surface area contributed by atoms with E-state index in [1.54, 1.807) is 26.0 Å². The molecule has 500 valence electrons. The number of carbonyl (C=O) groups is 8. The molecule has 0 aliphatic carbocycles. The van der Waals surface area contributed by atoms with Crippen LogP contribution in [0.1, 0.15) is 51.1 Å². The number of urea groups is 1. The van der Waals surface area contributed by atoms with Crippen molar-refractivity contribution in [2.24, 2.45) is 11.7 Å². The van der Waals surface area contributed by atoms with Crippen molar-refractivity contribution < 1.29 is 94.0 Å². The number of ether oxygens (including phenoxy) is 5. The van der Waals surface area contributed by atoms with E-state index in [2.05, 4.69) is 63.8 Å². The third kappa shape index (κ3) is 15.6. The second-order valence-corrected chi connectivity index (χ2v) is 27.7. The number of H-pyrrole nitrogens is 1. The van der Waals surface area contributed by atoms with Gasteiger partial charge in [-0.25, -0.2) is 43.3 Å². The van der Waals surface area contributed by atoms with Gasteiger partial charge in [-0.05, 0) is 48.3 Å². The van der Waals surface area contributed by atoms with Crippen LogP contribution in [-0.2, 0) is 88.7 Å². The van der Waals surface area contributed by atoms with E-state index in [4.69, 9.17) is 65.1 Å². The standard InChI is InChI=1S/C52H63FN16O20P2S2/c1-25(2)36(64-32(70)12-14-67-33(71)10-11-34(67)72)45(74)62-28(5-4-13-56-49(55)76)44(73)61-27-8-6-26(7-9-27)18-82-51(78)66(3)15-16-81-50(77)65-42-38-43(58-22-57-42)69(24-60-38)48-40-41-52(87-48,20-83-40)21-85-91(80,93)88-39-35(53)30(19-84-90(79,92)89-41)86-47(39)68-23-59-37-29(68)17-31(54)63-46(37)75/h6-11,17,22-25,28,30,35-36,39-41,47-48H,4-5,12-16,18-21H2,1-3H3,(H,61,73)(H,62,74)(H,64,70)(H,79,92)(H,80,93)(H3,54,63,75)(H3,55,56,76)(H,57,58,65,77)/t28-,30+,35+,36-,39+,40+,41-,47+,48+,52+,90?,91?/m0/s1. The Labute approximate surface area is 535 Å². The van der Waals surface area contributed by atoms with Crippen LogP contribution in [0, 0.1) is 5.92 Å². The number of likely N-dealkylation sites (N-methyl/N-ethyl adjacent to an activating group) is 1. The lowest BCUT2D eigenvalue weighted by molar-refractivity contribution is -0.182. The molecule has 9 heterocycles. The van der Waals surface area contributed by atoms with Gasteiger partial charge in [-0.2, -0.15) is 0 Å². The number of nitrogens with zero attached hydrogens (tertiary/aromatic N) is 8. The Morgan fingerprint density at radius 2 is 1.68 bits per heavy atom. The molecule has 0 saturated carbocycles. The molecule has 10 rings (SSSR count). The number of halogens is 1. The summed E-state index contributed by atoms with van der Waals surface area (Å²) in [7, 11) is 1.40. The van der Waals surface area contributed by atoms with Gasteiger partial charge in [0.1, 0.15) is 67.5 Å². The van der Waals surface area contributed by atoms with Crippen molar-refractivity contribution in [3.05, 3.63) is 77.4 Å². The molecular formula is C52H63FN16O20P2S2. The Bertz CT molecular complexity index is 3900. The van der Waals surface area contributed by atoms with E-state index >= 15 is 4.39 Å². The molecule has 1 aromatic carbocycles. The van der Waals surface area contributed by atoms with Crippen molar-refractivity contribution in [2.45, 2.75) is 100 Å². The minimum atomic E-state index is -4.59. The highest BCUT2D eigenvalue weighted by Gasteiger charge is 2.66. The van der Waals surface area contributed by atoms with E-state index in [0.717, 1.165) is 28.3 Å². The van der Waals surface area contributed by atoms with Crippen molar-refractivity contribution in [1.82, 2.24) is 59.8 Å². The normalized spacial score (nSPS) is 26.6. The maximum Gasteiger partial charge on any atom is 0.412 e. The molecule has 4 fully saturated rings. The number of imide groups is 1. The summed E-state index contributed by atoms with van der Waals surface area (Å²) in [5.74, 6) is -3.66. The zero-order valence-corrected chi connectivity index (χ0v) is 52.9. The number of aromatic amines is 1. The second-order valence-electron chi connectivity index (χ2n) is 22.1. The molecule has 4 saturated heterocycles. The third-order valence-electron chi connectivity index (χ3n) is 15.2. The minimum absolute atomic E-state index is 0.0405. The number of fused-ring (bicyclic) bond motifs is 4. The van der Waals surface area contributed by atoms with E-state index in [-0.39, 0.29) is 92.6 Å². The molecular weight excluding hydrogens is 1310 g/mol. The fourth-order valence-corrected chi connectivity index (χ4v) is 13.4. The lowest BCUT2D eigenvalue weighted by Gasteiger charge is -2.33. The summed E-state index contributed by atoms with van der Waals surface area (Å²) in [5.41, 5.74) is 9.70. The van der Waals surface area contributed by atoms with Crippen LogP contribution in [0.5, 0.6) is 0 Å². The van der Waals surface area contributed by atoms with E-state index in [1.807, 2.05) is 0 Å². The summed E-state index contributed by atoms with van der Waals surface area (Å²) < 4.78 is 85.7. The molecule has 0 spiro atoms. The van der Waals surface area contributed by atoms with Gasteiger partial charge in [0.2, 0.25) is 17.7 Å². The number of anilines is 3. The summed E-state index contributed by atoms with van der Waals surface area (Å²) in [6.07, 6.45) is -6.47. The molecule has 93 heavy (non-hydrogen) atoms. The number of nitrogens with one attached hydrogen (secondary N) is 6. The van der Waals surface area contributed by atoms with Gasteiger partial charge in [0.25, 0.3) is 17.4 Å². The SMILES string of the molecule is CC(C)[C@H](NC(=O)CCN1C(=O)C=CC1=O)C(=O)N[C@@H](CCCNC(N)=O)C(=O)Nc1ccc(COC(=O)N(C)CCOC(=O)Nc2ncnc3c2ncn3[C@@H]2O[C@@]34CO[C@@H]2[C@@H]3OP(O)(=S)OC[C@H]2O[C@@H](n3cnc5c(=O)[nH]c(N)cc53)[C@H](OP(=O)(S)OC4)[C@@H]2F)cc1. The van der Waals surface area contributed by atoms with Gasteiger partial charge < -0.3 is 80.3 Å². The van der Waals surface area contributed by atoms with Gasteiger partial charge in [-0.3, -0.25) is 57.1 Å². The molecule has 5 aliphatic heterocycles. The van der Waals surface area contributed by atoms with Gasteiger partial charge in [-0.15, -0.1) is 0 Å². The number of pyridine rings is 1. The van der Waals surface area contributed by atoms with Crippen molar-refractivity contribution in [2.75, 3.05) is 69.5 Å². The number of rotatable bonds is 21. The number of amides is 9. The summed E-state index contributed by atoms with van der Waals surface area (Å²) >= 11 is 9.58. The van der Waals surface area contributed by atoms with Crippen LogP contribution in [-0.4, -0.2) is 198 Å². The first-order valence-electron chi connectivity index (χ1n) is 28.5. The summed E-state index contributed by atoms with van der Waals surface area (Å²) in [6.45, 7) is -8.01. The number of thiol groups is 1. The van der Waals surface area contributed by atoms with E-state index < -0.39 is 147 Å². The monoisotopic (exact) mass is 1380 g/mol. The molecule has 41 heteroatoms. The van der Waals surface area contributed by atoms with Crippen molar-refractivity contribution >= 4 is 125 Å². The first-order chi connectivity index (χ1) is 44.2. The second kappa shape index (κ2) is 28.3. The summed E-state index contributed by atoms with van der Waals surface area (Å²) in [4.78, 5) is 147. The fraction of sp³-hybridized carbons (Fsp3) is 0.481. The van der Waals surface area contributed by atoms with Crippen LogP contribution in [0.15, 0.2) is 66.3 Å². The predicted octanol–water partition coefficient (Wildman–Crippen LogP) is 1.27. The Hall–Kier alpha value is -8.07. The molecule has 2 unspecified atom stereocenters. The molecule has 36 nitrogen and oxygen atoms in total. The van der Waals surface area contributed by atoms with Crippen LogP contribution in [0.25, 0.3) is 22.2 Å². The molecule has 11 N–H and O–H groups in total. The first kappa shape index (κ1) is 67.8. The number of alkyl halides is 1. The molecule has 4 aromatic heterocycles. The lowest BCUT2D eigenvalue weighted by atomic mass is 10.0. The number of benzene rings is 1. The van der Waals surface area contributed by atoms with E-state index in [0.29, 0.717) is 11.3 Å². The fourth-order valence-electron chi connectivity index (χ4n) is 10.5. The maximum atomic E-state index is 16.3. The molecule has 5 aromatic rings. The Balaban J connectivity index is 0.703. The number of imidazole rings is 2. The number of carbonyl (C=O) groups excluding carboxylic acids is 8. The zero-order chi connectivity index (χ0) is 66.7. The lowest BCUT2D eigenvalue weighted by Crippen LogP contribution is -2.54. The highest BCUT2D eigenvalue weighted by molar-refractivity contribution is 8.44. The van der Waals surface area contributed by atoms with E-state index in [1.165, 1.54) is 47.0 Å². The Morgan fingerprint density at radius 1 is 0.946 bits per heavy atom. The predicted molar refractivity (Wildman–Crippen MR) is 325 cm³/mol. The molecule has 5 aliphatic rings. The molecule has 0 radical (unpaired) electrons. The Kier molecular flexibility index (Phi) is 20.6. The minimum Gasteiger partial charge on any atom is -0.447 e. The van der Waals surface area contributed by atoms with Crippen LogP contribution in [0.2, 0.25) is 0 Å². The average molecular weight is 1380 g/mol. The summed E-state index contributed by atoms with van der Waals surface area (Å²) in [6, 6.07) is 4.51. The van der Waals surface area contributed by atoms with Crippen LogP contribution < -0.4 is 43.6 Å². The number of primary amides is 1. The van der Waals surface area contributed by atoms with Gasteiger partial charge >= 0.3 is 31.7 Å². The number of hydrogen-bond acceptors (Lipinski definition) is 25. The Morgan fingerprint density at radius 3 is 2.41 bits per heavy atom. The van der Waals surface area contributed by atoms with Crippen molar-refractivity contribution in [3.8, 4) is 0 Å². The van der Waals surface area contributed by atoms with Crippen molar-refractivity contribution in [3.63, 3.8) is 0 Å². The molecule has 4 bridgehead atoms. The van der Waals surface area contributed by atoms with Crippen LogP contribution in [0.4, 0.5) is 36.1 Å². The number of nitrogens with two attached hydrogens (primary N) is 2. The highest BCUT2D eigenvalue weighted by atomic mass is 32.7. The number of nitrogen functional groups attached to an aromatic ring is 1.